The van der Waals surface area contributed by atoms with Crippen molar-refractivity contribution in [3.05, 3.63) is 30.3 Å². The van der Waals surface area contributed by atoms with E-state index in [0.717, 1.165) is 13.1 Å². The highest BCUT2D eigenvalue weighted by Gasteiger charge is 2.00. The Hall–Kier alpha value is -1.55. The maximum absolute atomic E-state index is 11.3. The van der Waals surface area contributed by atoms with Crippen molar-refractivity contribution >= 4 is 5.91 Å². The number of benzene rings is 1. The second-order valence-electron chi connectivity index (χ2n) is 3.31. The fourth-order valence-electron chi connectivity index (χ4n) is 1.18. The Balaban J connectivity index is 2.11. The van der Waals surface area contributed by atoms with Crippen molar-refractivity contribution in [1.29, 1.82) is 0 Å². The molecule has 0 heterocycles. The SMILES string of the molecule is CCNCCNC(=O)COc1ccccc1. The number of hydrogen-bond donors (Lipinski definition) is 2. The first kappa shape index (κ1) is 12.5. The van der Waals surface area contributed by atoms with Gasteiger partial charge in [-0.05, 0) is 18.7 Å². The Morgan fingerprint density at radius 1 is 1.25 bits per heavy atom. The standard InChI is InChI=1S/C12H18N2O2/c1-2-13-8-9-14-12(15)10-16-11-6-4-3-5-7-11/h3-7,13H,2,8-10H2,1H3,(H,14,15). The first-order chi connectivity index (χ1) is 7.83. The summed E-state index contributed by atoms with van der Waals surface area (Å²) in [6, 6.07) is 9.30. The first-order valence-electron chi connectivity index (χ1n) is 5.48. The average molecular weight is 222 g/mol. The maximum atomic E-state index is 11.3. The second kappa shape index (κ2) is 7.70. The van der Waals surface area contributed by atoms with Crippen LogP contribution in [0.3, 0.4) is 0 Å². The number of amides is 1. The summed E-state index contributed by atoms with van der Waals surface area (Å²) in [6.07, 6.45) is 0. The summed E-state index contributed by atoms with van der Waals surface area (Å²) in [6.45, 7) is 4.42. The van der Waals surface area contributed by atoms with Crippen LogP contribution in [0.5, 0.6) is 5.75 Å². The molecule has 1 rings (SSSR count). The van der Waals surface area contributed by atoms with Gasteiger partial charge in [0.05, 0.1) is 0 Å². The predicted octanol–water partition coefficient (Wildman–Crippen LogP) is 0.791. The molecule has 0 aromatic heterocycles. The summed E-state index contributed by atoms with van der Waals surface area (Å²) in [4.78, 5) is 11.3. The third-order valence-electron chi connectivity index (χ3n) is 1.99. The molecule has 0 unspecified atom stereocenters. The minimum atomic E-state index is -0.0956. The normalized spacial score (nSPS) is 9.81. The van der Waals surface area contributed by atoms with Crippen molar-refractivity contribution in [3.63, 3.8) is 0 Å². The summed E-state index contributed by atoms with van der Waals surface area (Å²) in [5, 5.41) is 5.88. The smallest absolute Gasteiger partial charge is 0.257 e. The van der Waals surface area contributed by atoms with E-state index in [4.69, 9.17) is 4.74 Å². The molecule has 1 aromatic carbocycles. The van der Waals surface area contributed by atoms with E-state index in [2.05, 4.69) is 10.6 Å². The van der Waals surface area contributed by atoms with E-state index >= 15 is 0 Å². The van der Waals surface area contributed by atoms with Crippen LogP contribution in [0, 0.1) is 0 Å². The number of ether oxygens (including phenoxy) is 1. The molecule has 88 valence electrons. The van der Waals surface area contributed by atoms with Gasteiger partial charge in [0.25, 0.3) is 5.91 Å². The molecule has 0 saturated heterocycles. The van der Waals surface area contributed by atoms with Crippen molar-refractivity contribution in [2.24, 2.45) is 0 Å². The lowest BCUT2D eigenvalue weighted by atomic mass is 10.3. The van der Waals surface area contributed by atoms with Gasteiger partial charge in [-0.2, -0.15) is 0 Å². The zero-order valence-electron chi connectivity index (χ0n) is 9.53. The van der Waals surface area contributed by atoms with Gasteiger partial charge >= 0.3 is 0 Å². The van der Waals surface area contributed by atoms with Gasteiger partial charge < -0.3 is 15.4 Å². The quantitative estimate of drug-likeness (QED) is 0.671. The van der Waals surface area contributed by atoms with E-state index in [1.54, 1.807) is 0 Å². The molecule has 0 spiro atoms. The number of nitrogens with one attached hydrogen (secondary N) is 2. The molecule has 0 saturated carbocycles. The minimum Gasteiger partial charge on any atom is -0.484 e. The number of hydrogen-bond acceptors (Lipinski definition) is 3. The Morgan fingerprint density at radius 2 is 2.00 bits per heavy atom. The molecule has 4 heteroatoms. The zero-order valence-corrected chi connectivity index (χ0v) is 9.53. The van der Waals surface area contributed by atoms with Crippen molar-refractivity contribution in [2.45, 2.75) is 6.92 Å². The molecule has 1 amide bonds. The highest BCUT2D eigenvalue weighted by Crippen LogP contribution is 2.07. The average Bonchev–Trinajstić information content (AvgIpc) is 2.33. The fraction of sp³-hybridized carbons (Fsp3) is 0.417. The molecule has 4 nitrogen and oxygen atoms in total. The van der Waals surface area contributed by atoms with Crippen molar-refractivity contribution < 1.29 is 9.53 Å². The van der Waals surface area contributed by atoms with Gasteiger partial charge in [-0.1, -0.05) is 25.1 Å². The molecular weight excluding hydrogens is 204 g/mol. The van der Waals surface area contributed by atoms with Gasteiger partial charge in [-0.15, -0.1) is 0 Å². The molecule has 0 bridgehead atoms. The van der Waals surface area contributed by atoms with Gasteiger partial charge in [0.2, 0.25) is 0 Å². The van der Waals surface area contributed by atoms with Crippen molar-refractivity contribution in [1.82, 2.24) is 10.6 Å². The van der Waals surface area contributed by atoms with Crippen LogP contribution in [0.25, 0.3) is 0 Å². The van der Waals surface area contributed by atoms with Gasteiger partial charge in [0.1, 0.15) is 5.75 Å². The summed E-state index contributed by atoms with van der Waals surface area (Å²) >= 11 is 0. The van der Waals surface area contributed by atoms with Crippen LogP contribution in [-0.4, -0.2) is 32.1 Å². The van der Waals surface area contributed by atoms with Crippen LogP contribution in [0.2, 0.25) is 0 Å². The van der Waals surface area contributed by atoms with E-state index in [-0.39, 0.29) is 12.5 Å². The maximum Gasteiger partial charge on any atom is 0.257 e. The Bertz CT molecular complexity index is 301. The number of rotatable bonds is 7. The number of carbonyl (C=O) groups is 1. The van der Waals surface area contributed by atoms with Crippen LogP contribution < -0.4 is 15.4 Å². The van der Waals surface area contributed by atoms with E-state index in [0.29, 0.717) is 12.3 Å². The van der Waals surface area contributed by atoms with Crippen LogP contribution in [0.1, 0.15) is 6.92 Å². The lowest BCUT2D eigenvalue weighted by Gasteiger charge is -2.07. The van der Waals surface area contributed by atoms with Crippen molar-refractivity contribution in [2.75, 3.05) is 26.2 Å². The number of para-hydroxylation sites is 1. The number of carbonyl (C=O) groups excluding carboxylic acids is 1. The highest BCUT2D eigenvalue weighted by atomic mass is 16.5. The van der Waals surface area contributed by atoms with Gasteiger partial charge in [-0.25, -0.2) is 0 Å². The summed E-state index contributed by atoms with van der Waals surface area (Å²) in [7, 11) is 0. The Kier molecular flexibility index (Phi) is 6.03. The molecule has 1 aromatic rings. The van der Waals surface area contributed by atoms with Crippen LogP contribution in [-0.2, 0) is 4.79 Å². The summed E-state index contributed by atoms with van der Waals surface area (Å²) in [5.41, 5.74) is 0. The lowest BCUT2D eigenvalue weighted by Crippen LogP contribution is -2.34. The van der Waals surface area contributed by atoms with Crippen LogP contribution in [0.4, 0.5) is 0 Å². The fourth-order valence-corrected chi connectivity index (χ4v) is 1.18. The molecule has 2 N–H and O–H groups in total. The summed E-state index contributed by atoms with van der Waals surface area (Å²) < 4.78 is 5.29. The Labute approximate surface area is 96.0 Å². The predicted molar refractivity (Wildman–Crippen MR) is 63.5 cm³/mol. The van der Waals surface area contributed by atoms with Crippen LogP contribution in [0.15, 0.2) is 30.3 Å². The van der Waals surface area contributed by atoms with E-state index in [1.165, 1.54) is 0 Å². The van der Waals surface area contributed by atoms with Gasteiger partial charge in [0.15, 0.2) is 6.61 Å². The first-order valence-corrected chi connectivity index (χ1v) is 5.48. The molecule has 0 aliphatic heterocycles. The lowest BCUT2D eigenvalue weighted by molar-refractivity contribution is -0.123. The largest absolute Gasteiger partial charge is 0.484 e. The van der Waals surface area contributed by atoms with E-state index in [1.807, 2.05) is 37.3 Å². The molecule has 0 fully saturated rings. The third-order valence-corrected chi connectivity index (χ3v) is 1.99. The van der Waals surface area contributed by atoms with E-state index in [9.17, 15) is 4.79 Å². The molecule has 0 atom stereocenters. The molecule has 0 radical (unpaired) electrons. The highest BCUT2D eigenvalue weighted by molar-refractivity contribution is 5.77. The van der Waals surface area contributed by atoms with Crippen LogP contribution >= 0.6 is 0 Å². The monoisotopic (exact) mass is 222 g/mol. The minimum absolute atomic E-state index is 0.0656. The molecular formula is C12H18N2O2. The topological polar surface area (TPSA) is 50.4 Å². The molecule has 16 heavy (non-hydrogen) atoms. The zero-order chi connectivity index (χ0) is 11.6. The van der Waals surface area contributed by atoms with E-state index < -0.39 is 0 Å². The third kappa shape index (κ3) is 5.36. The molecule has 0 aliphatic rings. The second-order valence-corrected chi connectivity index (χ2v) is 3.31. The molecule has 0 aliphatic carbocycles. The summed E-state index contributed by atoms with van der Waals surface area (Å²) in [5.74, 6) is 0.617. The van der Waals surface area contributed by atoms with Gasteiger partial charge in [0, 0.05) is 13.1 Å². The number of likely N-dealkylation sites (N-methyl/N-ethyl adjacent to an activating group) is 1. The van der Waals surface area contributed by atoms with Crippen molar-refractivity contribution in [3.8, 4) is 5.75 Å². The van der Waals surface area contributed by atoms with Gasteiger partial charge in [-0.3, -0.25) is 4.79 Å². The Morgan fingerprint density at radius 3 is 2.69 bits per heavy atom.